The van der Waals surface area contributed by atoms with Gasteiger partial charge in [-0.25, -0.2) is 13.5 Å². The van der Waals surface area contributed by atoms with Crippen LogP contribution in [0.15, 0.2) is 36.0 Å². The zero-order valence-electron chi connectivity index (χ0n) is 30.2. The number of ether oxygens (including phenoxy) is 1. The molecule has 0 radical (unpaired) electrons. The number of esters is 1. The zero-order chi connectivity index (χ0) is 35.2. The van der Waals surface area contributed by atoms with Crippen LogP contribution in [0.4, 0.5) is 8.78 Å². The van der Waals surface area contributed by atoms with Crippen molar-refractivity contribution in [2.75, 3.05) is 6.61 Å². The number of aliphatic hydroxyl groups excluding tert-OH is 2. The molecule has 0 unspecified atom stereocenters. The molecular formula is C40H55F2N3O4. The minimum absolute atomic E-state index is 0.00603. The van der Waals surface area contributed by atoms with E-state index in [1.807, 2.05) is 0 Å². The molecule has 0 spiro atoms. The molecule has 0 bridgehead atoms. The third kappa shape index (κ3) is 5.17. The first kappa shape index (κ1) is 34.8. The molecule has 1 aromatic carbocycles. The van der Waals surface area contributed by atoms with Crippen LogP contribution in [0.3, 0.4) is 0 Å². The maximum Gasteiger partial charge on any atom is 0.313 e. The lowest BCUT2D eigenvalue weighted by molar-refractivity contribution is -0.217. The molecule has 7 rings (SSSR count). The van der Waals surface area contributed by atoms with Gasteiger partial charge in [0.15, 0.2) is 0 Å². The van der Waals surface area contributed by atoms with Gasteiger partial charge in [-0.1, -0.05) is 64.5 Å². The van der Waals surface area contributed by atoms with Gasteiger partial charge in [0, 0.05) is 17.0 Å². The third-order valence-electron chi connectivity index (χ3n) is 15.4. The summed E-state index contributed by atoms with van der Waals surface area (Å²) in [7, 11) is 0. The standard InChI is InChI=1S/C40H55F2N3O4/c1-35(2)15-17-40(34(48)49-23-27-22-45(44-43-27)21-25-7-8-26(41)19-30(25)42)18-16-38(5)28(29(40)20-35)9-10-32-36(3)13-12-33(47)37(4,24-46)31(36)11-14-39(32,38)6/h7-9,19,22,29,31-33,46-47H,10-18,20-21,23-24H2,1-6H3/t29-,31+,32+,33-,36-,37-,38+,39+,40-/m0/s1. The van der Waals surface area contributed by atoms with Crippen molar-refractivity contribution in [3.05, 3.63) is 58.9 Å². The summed E-state index contributed by atoms with van der Waals surface area (Å²) in [5.41, 5.74) is 1.28. The minimum atomic E-state index is -0.640. The molecule has 5 aliphatic rings. The van der Waals surface area contributed by atoms with E-state index in [9.17, 15) is 23.8 Å². The second-order valence-electron chi connectivity index (χ2n) is 18.3. The van der Waals surface area contributed by atoms with Crippen LogP contribution in [0.25, 0.3) is 0 Å². The van der Waals surface area contributed by atoms with Crippen LogP contribution in [0.5, 0.6) is 0 Å². The number of allylic oxidation sites excluding steroid dienone is 2. The van der Waals surface area contributed by atoms with Crippen molar-refractivity contribution in [3.8, 4) is 0 Å². The molecule has 49 heavy (non-hydrogen) atoms. The average Bonchev–Trinajstić information content (AvgIpc) is 3.50. The van der Waals surface area contributed by atoms with Crippen LogP contribution in [0.1, 0.15) is 117 Å². The summed E-state index contributed by atoms with van der Waals surface area (Å²) < 4.78 is 35.2. The molecule has 268 valence electrons. The molecule has 0 saturated heterocycles. The quantitative estimate of drug-likeness (QED) is 0.239. The highest BCUT2D eigenvalue weighted by Gasteiger charge is 2.69. The summed E-state index contributed by atoms with van der Waals surface area (Å²) in [6, 6.07) is 3.47. The van der Waals surface area contributed by atoms with Crippen molar-refractivity contribution in [2.45, 2.75) is 125 Å². The number of benzene rings is 1. The topological polar surface area (TPSA) is 97.5 Å². The number of hydrogen-bond donors (Lipinski definition) is 2. The number of halogens is 2. The van der Waals surface area contributed by atoms with Crippen LogP contribution in [0.2, 0.25) is 0 Å². The van der Waals surface area contributed by atoms with Gasteiger partial charge >= 0.3 is 5.97 Å². The number of aromatic nitrogens is 3. The van der Waals surface area contributed by atoms with Crippen molar-refractivity contribution >= 4 is 5.97 Å². The Kier molecular flexibility index (Phi) is 8.30. The third-order valence-corrected chi connectivity index (χ3v) is 15.4. The molecule has 0 amide bonds. The van der Waals surface area contributed by atoms with E-state index in [-0.39, 0.29) is 59.2 Å². The summed E-state index contributed by atoms with van der Waals surface area (Å²) >= 11 is 0. The van der Waals surface area contributed by atoms with E-state index < -0.39 is 28.6 Å². The number of nitrogens with zero attached hydrogens (tertiary/aromatic N) is 3. The van der Waals surface area contributed by atoms with Gasteiger partial charge in [0.25, 0.3) is 0 Å². The fourth-order valence-electron chi connectivity index (χ4n) is 12.2. The lowest BCUT2D eigenvalue weighted by Gasteiger charge is -2.71. The fraction of sp³-hybridized carbons (Fsp3) is 0.725. The first-order chi connectivity index (χ1) is 23.0. The largest absolute Gasteiger partial charge is 0.459 e. The van der Waals surface area contributed by atoms with E-state index in [2.05, 4.69) is 57.9 Å². The Morgan fingerprint density at radius 1 is 1.00 bits per heavy atom. The number of carbonyl (C=O) groups excluding carboxylic acids is 1. The number of carbonyl (C=O) groups is 1. The Hall–Kier alpha value is -2.65. The highest BCUT2D eigenvalue weighted by atomic mass is 19.1. The molecule has 0 aliphatic heterocycles. The fourth-order valence-corrected chi connectivity index (χ4v) is 12.2. The molecule has 4 saturated carbocycles. The summed E-state index contributed by atoms with van der Waals surface area (Å²) in [6.45, 7) is 14.3. The average molecular weight is 680 g/mol. The van der Waals surface area contributed by atoms with E-state index in [0.29, 0.717) is 17.2 Å². The minimum Gasteiger partial charge on any atom is -0.459 e. The van der Waals surface area contributed by atoms with Crippen molar-refractivity contribution in [1.29, 1.82) is 0 Å². The van der Waals surface area contributed by atoms with Crippen molar-refractivity contribution < 1.29 is 28.5 Å². The smallest absolute Gasteiger partial charge is 0.313 e. The van der Waals surface area contributed by atoms with E-state index >= 15 is 0 Å². The van der Waals surface area contributed by atoms with Crippen LogP contribution >= 0.6 is 0 Å². The Morgan fingerprint density at radius 3 is 2.49 bits per heavy atom. The van der Waals surface area contributed by atoms with Gasteiger partial charge in [-0.05, 0) is 110 Å². The van der Waals surface area contributed by atoms with E-state index in [0.717, 1.165) is 70.3 Å². The lowest BCUT2D eigenvalue weighted by Crippen LogP contribution is -2.66. The number of hydrogen-bond acceptors (Lipinski definition) is 6. The van der Waals surface area contributed by atoms with Crippen LogP contribution in [-0.2, 0) is 22.7 Å². The van der Waals surface area contributed by atoms with E-state index in [4.69, 9.17) is 4.74 Å². The number of aliphatic hydroxyl groups is 2. The van der Waals surface area contributed by atoms with Crippen molar-refractivity contribution in [3.63, 3.8) is 0 Å². The first-order valence-corrected chi connectivity index (χ1v) is 18.5. The maximum atomic E-state index is 14.4. The Balaban J connectivity index is 1.15. The highest BCUT2D eigenvalue weighted by Crippen LogP contribution is 2.75. The van der Waals surface area contributed by atoms with Crippen LogP contribution in [0, 0.1) is 61.9 Å². The normalized spacial score (nSPS) is 41.1. The van der Waals surface area contributed by atoms with Gasteiger partial charge in [0.1, 0.15) is 23.9 Å². The summed E-state index contributed by atoms with van der Waals surface area (Å²) in [6.07, 6.45) is 12.8. The van der Waals surface area contributed by atoms with Gasteiger partial charge in [0.2, 0.25) is 0 Å². The van der Waals surface area contributed by atoms with Gasteiger partial charge < -0.3 is 14.9 Å². The van der Waals surface area contributed by atoms with Gasteiger partial charge in [-0.3, -0.25) is 4.79 Å². The zero-order valence-corrected chi connectivity index (χ0v) is 30.2. The monoisotopic (exact) mass is 679 g/mol. The predicted molar refractivity (Wildman–Crippen MR) is 182 cm³/mol. The van der Waals surface area contributed by atoms with Gasteiger partial charge in [-0.15, -0.1) is 5.10 Å². The van der Waals surface area contributed by atoms with Gasteiger partial charge in [-0.2, -0.15) is 0 Å². The molecule has 9 heteroatoms. The summed E-state index contributed by atoms with van der Waals surface area (Å²) in [5.74, 6) is -0.623. The molecule has 1 aromatic heterocycles. The second-order valence-corrected chi connectivity index (χ2v) is 18.3. The molecule has 7 nitrogen and oxygen atoms in total. The van der Waals surface area contributed by atoms with Crippen molar-refractivity contribution in [1.82, 2.24) is 15.0 Å². The lowest BCUT2D eigenvalue weighted by atomic mass is 9.33. The first-order valence-electron chi connectivity index (χ1n) is 18.5. The van der Waals surface area contributed by atoms with E-state index in [1.165, 1.54) is 22.4 Å². The molecule has 9 atom stereocenters. The van der Waals surface area contributed by atoms with E-state index in [1.54, 1.807) is 6.20 Å². The molecule has 2 aromatic rings. The summed E-state index contributed by atoms with van der Waals surface area (Å²) in [5, 5.41) is 30.0. The predicted octanol–water partition coefficient (Wildman–Crippen LogP) is 7.78. The Morgan fingerprint density at radius 2 is 1.76 bits per heavy atom. The van der Waals surface area contributed by atoms with Crippen molar-refractivity contribution in [2.24, 2.45) is 50.2 Å². The molecule has 5 aliphatic carbocycles. The molecule has 2 N–H and O–H groups in total. The van der Waals surface area contributed by atoms with Crippen LogP contribution in [-0.4, -0.2) is 43.9 Å². The maximum absolute atomic E-state index is 14.4. The van der Waals surface area contributed by atoms with Crippen LogP contribution < -0.4 is 0 Å². The number of fused-ring (bicyclic) bond motifs is 7. The second kappa shape index (κ2) is 11.7. The molecule has 1 heterocycles. The summed E-state index contributed by atoms with van der Waals surface area (Å²) in [4.78, 5) is 14.4. The molecular weight excluding hydrogens is 624 g/mol. The highest BCUT2D eigenvalue weighted by molar-refractivity contribution is 5.78. The Labute approximate surface area is 289 Å². The molecule has 4 fully saturated rings. The number of rotatable bonds is 6. The Bertz CT molecular complexity index is 1660. The SMILES string of the molecule is CC1(C)CC[C@]2(C(=O)OCc3cn(Cc4ccc(F)cc4F)nn3)CC[C@]3(C)C(=CC[C@@H]4[C@@]5(C)CC[C@H](O)[C@@](C)(CO)[C@@H]5CC[C@]43C)[C@@H]2C1. The van der Waals surface area contributed by atoms with Gasteiger partial charge in [0.05, 0.1) is 30.9 Å².